The summed E-state index contributed by atoms with van der Waals surface area (Å²) in [7, 11) is 0. The van der Waals surface area contributed by atoms with Crippen molar-refractivity contribution in [2.75, 3.05) is 36.0 Å². The minimum Gasteiger partial charge on any atom is -0.368 e. The number of aromatic nitrogens is 2. The number of hydrogen-bond acceptors (Lipinski definition) is 5. The number of nitrogens with zero attached hydrogens (tertiary/aromatic N) is 4. The molecule has 1 aliphatic heterocycles. The van der Waals surface area contributed by atoms with E-state index in [4.69, 9.17) is 11.6 Å². The minimum absolute atomic E-state index is 0.334. The molecule has 0 unspecified atom stereocenters. The third kappa shape index (κ3) is 2.94. The highest BCUT2D eigenvalue weighted by atomic mass is 35.5. The van der Waals surface area contributed by atoms with Gasteiger partial charge in [-0.25, -0.2) is 4.98 Å². The maximum Gasteiger partial charge on any atom is 0.225 e. The second kappa shape index (κ2) is 6.22. The standard InChI is InChI=1S/C18H19ClN4S/c1-12-4-3-5-14(10-12)22-6-8-23(9-7-22)16-15-11-13(2)24-17(15)21-18(19)20-16/h3-5,10-11H,6-9H2,1-2H3. The van der Waals surface area contributed by atoms with Crippen LogP contribution in [0.4, 0.5) is 11.5 Å². The lowest BCUT2D eigenvalue weighted by molar-refractivity contribution is 0.649. The van der Waals surface area contributed by atoms with Crippen molar-refractivity contribution >= 4 is 44.7 Å². The van der Waals surface area contributed by atoms with Gasteiger partial charge >= 0.3 is 0 Å². The molecule has 1 fully saturated rings. The summed E-state index contributed by atoms with van der Waals surface area (Å²) in [6.07, 6.45) is 0. The summed E-state index contributed by atoms with van der Waals surface area (Å²) in [5.41, 5.74) is 2.60. The first-order chi connectivity index (χ1) is 11.6. The fourth-order valence-electron chi connectivity index (χ4n) is 3.24. The van der Waals surface area contributed by atoms with Gasteiger partial charge in [-0.3, -0.25) is 0 Å². The van der Waals surface area contributed by atoms with Crippen LogP contribution in [0.2, 0.25) is 5.28 Å². The zero-order valence-electron chi connectivity index (χ0n) is 13.8. The highest BCUT2D eigenvalue weighted by Gasteiger charge is 2.21. The molecular formula is C18H19ClN4S. The lowest BCUT2D eigenvalue weighted by atomic mass is 10.2. The summed E-state index contributed by atoms with van der Waals surface area (Å²) in [6.45, 7) is 8.07. The molecule has 6 heteroatoms. The number of rotatable bonds is 2. The Hall–Kier alpha value is -1.85. The van der Waals surface area contributed by atoms with E-state index >= 15 is 0 Å². The smallest absolute Gasteiger partial charge is 0.225 e. The Balaban J connectivity index is 1.58. The van der Waals surface area contributed by atoms with Crippen molar-refractivity contribution in [1.82, 2.24) is 9.97 Å². The molecule has 24 heavy (non-hydrogen) atoms. The molecule has 2 aromatic heterocycles. The number of halogens is 1. The lowest BCUT2D eigenvalue weighted by Crippen LogP contribution is -2.47. The molecule has 0 saturated carbocycles. The Morgan fingerprint density at radius 2 is 1.75 bits per heavy atom. The number of fused-ring (bicyclic) bond motifs is 1. The minimum atomic E-state index is 0.334. The van der Waals surface area contributed by atoms with Crippen LogP contribution < -0.4 is 9.80 Å². The van der Waals surface area contributed by atoms with Gasteiger partial charge in [-0.05, 0) is 49.2 Å². The summed E-state index contributed by atoms with van der Waals surface area (Å²) >= 11 is 7.81. The normalized spacial score (nSPS) is 15.3. The predicted molar refractivity (Wildman–Crippen MR) is 103 cm³/mol. The first kappa shape index (κ1) is 15.7. The Labute approximate surface area is 150 Å². The van der Waals surface area contributed by atoms with Crippen LogP contribution in [-0.2, 0) is 0 Å². The second-order valence-electron chi connectivity index (χ2n) is 6.21. The van der Waals surface area contributed by atoms with E-state index in [-0.39, 0.29) is 0 Å². The van der Waals surface area contributed by atoms with E-state index in [1.165, 1.54) is 16.1 Å². The SMILES string of the molecule is Cc1cccc(N2CCN(c3nc(Cl)nc4sc(C)cc34)CC2)c1. The van der Waals surface area contributed by atoms with Gasteiger partial charge in [-0.15, -0.1) is 11.3 Å². The first-order valence-corrected chi connectivity index (χ1v) is 9.30. The monoisotopic (exact) mass is 358 g/mol. The van der Waals surface area contributed by atoms with Crippen molar-refractivity contribution in [3.8, 4) is 0 Å². The molecule has 1 saturated heterocycles. The van der Waals surface area contributed by atoms with Crippen molar-refractivity contribution in [2.45, 2.75) is 13.8 Å². The van der Waals surface area contributed by atoms with Crippen molar-refractivity contribution in [1.29, 1.82) is 0 Å². The zero-order valence-corrected chi connectivity index (χ0v) is 15.4. The van der Waals surface area contributed by atoms with Crippen LogP contribution in [-0.4, -0.2) is 36.1 Å². The van der Waals surface area contributed by atoms with Crippen LogP contribution in [0.1, 0.15) is 10.4 Å². The molecule has 3 heterocycles. The molecular weight excluding hydrogens is 340 g/mol. The molecule has 1 aliphatic rings. The molecule has 4 rings (SSSR count). The van der Waals surface area contributed by atoms with Crippen LogP contribution in [0.3, 0.4) is 0 Å². The van der Waals surface area contributed by atoms with E-state index in [1.54, 1.807) is 11.3 Å². The van der Waals surface area contributed by atoms with Gasteiger partial charge in [-0.2, -0.15) is 4.98 Å². The van der Waals surface area contributed by atoms with Crippen LogP contribution in [0, 0.1) is 13.8 Å². The predicted octanol–water partition coefficient (Wildman–Crippen LogP) is 4.29. The van der Waals surface area contributed by atoms with Crippen molar-refractivity contribution in [3.63, 3.8) is 0 Å². The molecule has 0 spiro atoms. The molecule has 0 atom stereocenters. The molecule has 124 valence electrons. The first-order valence-electron chi connectivity index (χ1n) is 8.10. The van der Waals surface area contributed by atoms with E-state index in [0.29, 0.717) is 5.28 Å². The van der Waals surface area contributed by atoms with Gasteiger partial charge in [0, 0.05) is 36.7 Å². The van der Waals surface area contributed by atoms with Gasteiger partial charge in [0.1, 0.15) is 10.6 Å². The van der Waals surface area contributed by atoms with Crippen molar-refractivity contribution < 1.29 is 0 Å². The fourth-order valence-corrected chi connectivity index (χ4v) is 4.33. The van der Waals surface area contributed by atoms with Gasteiger partial charge in [0.05, 0.1) is 5.39 Å². The summed E-state index contributed by atoms with van der Waals surface area (Å²) in [5.74, 6) is 0.971. The Morgan fingerprint density at radius 1 is 1.00 bits per heavy atom. The van der Waals surface area contributed by atoms with Gasteiger partial charge in [0.15, 0.2) is 0 Å². The maximum absolute atomic E-state index is 6.14. The topological polar surface area (TPSA) is 32.3 Å². The third-order valence-electron chi connectivity index (χ3n) is 4.41. The van der Waals surface area contributed by atoms with E-state index < -0.39 is 0 Å². The van der Waals surface area contributed by atoms with E-state index in [9.17, 15) is 0 Å². The summed E-state index contributed by atoms with van der Waals surface area (Å²) < 4.78 is 0. The third-order valence-corrected chi connectivity index (χ3v) is 5.53. The van der Waals surface area contributed by atoms with E-state index in [2.05, 4.69) is 63.9 Å². The van der Waals surface area contributed by atoms with Gasteiger partial charge in [-0.1, -0.05) is 12.1 Å². The number of anilines is 2. The average molecular weight is 359 g/mol. The number of piperazine rings is 1. The van der Waals surface area contributed by atoms with Crippen LogP contribution >= 0.6 is 22.9 Å². The Morgan fingerprint density at radius 3 is 2.50 bits per heavy atom. The van der Waals surface area contributed by atoms with Crippen molar-refractivity contribution in [2.24, 2.45) is 0 Å². The van der Waals surface area contributed by atoms with Gasteiger partial charge in [0.2, 0.25) is 5.28 Å². The number of hydrogen-bond donors (Lipinski definition) is 0. The van der Waals surface area contributed by atoms with Gasteiger partial charge < -0.3 is 9.80 Å². The van der Waals surface area contributed by atoms with Crippen LogP contribution in [0.25, 0.3) is 10.2 Å². The van der Waals surface area contributed by atoms with E-state index in [1.807, 2.05) is 0 Å². The van der Waals surface area contributed by atoms with Crippen LogP contribution in [0.15, 0.2) is 30.3 Å². The molecule has 3 aromatic rings. The van der Waals surface area contributed by atoms with Crippen molar-refractivity contribution in [3.05, 3.63) is 46.1 Å². The maximum atomic E-state index is 6.14. The lowest BCUT2D eigenvalue weighted by Gasteiger charge is -2.37. The molecule has 1 aromatic carbocycles. The average Bonchev–Trinajstić information content (AvgIpc) is 2.94. The summed E-state index contributed by atoms with van der Waals surface area (Å²) in [4.78, 5) is 15.9. The molecule has 4 nitrogen and oxygen atoms in total. The zero-order chi connectivity index (χ0) is 16.7. The largest absolute Gasteiger partial charge is 0.368 e. The summed E-state index contributed by atoms with van der Waals surface area (Å²) in [6, 6.07) is 10.9. The molecule has 0 aliphatic carbocycles. The number of benzene rings is 1. The molecule has 0 amide bonds. The molecule has 0 radical (unpaired) electrons. The van der Waals surface area contributed by atoms with Crippen LogP contribution in [0.5, 0.6) is 0 Å². The summed E-state index contributed by atoms with van der Waals surface area (Å²) in [5, 5.41) is 1.45. The second-order valence-corrected chi connectivity index (χ2v) is 7.78. The number of aryl methyl sites for hydroxylation is 2. The van der Waals surface area contributed by atoms with Gasteiger partial charge in [0.25, 0.3) is 0 Å². The molecule has 0 N–H and O–H groups in total. The quantitative estimate of drug-likeness (QED) is 0.640. The van der Waals surface area contributed by atoms with E-state index in [0.717, 1.165) is 42.2 Å². The Kier molecular flexibility index (Phi) is 4.06. The highest BCUT2D eigenvalue weighted by molar-refractivity contribution is 7.18. The molecule has 0 bridgehead atoms. The fraction of sp³-hybridized carbons (Fsp3) is 0.333. The highest BCUT2D eigenvalue weighted by Crippen LogP contribution is 2.32. The Bertz CT molecular complexity index is 884. The number of thiophene rings is 1.